The van der Waals surface area contributed by atoms with E-state index in [1.165, 1.54) is 19.6 Å². The van der Waals surface area contributed by atoms with E-state index in [4.69, 9.17) is 4.18 Å². The quantitative estimate of drug-likeness (QED) is 0.826. The fourth-order valence-electron chi connectivity index (χ4n) is 3.03. The minimum atomic E-state index is -0.394. The molecule has 1 N–H and O–H groups in total. The molecule has 114 valence electrons. The molecule has 0 radical (unpaired) electrons. The lowest BCUT2D eigenvalue weighted by atomic mass is 9.95. The second kappa shape index (κ2) is 6.28. The van der Waals surface area contributed by atoms with Crippen molar-refractivity contribution in [1.29, 1.82) is 0 Å². The minimum Gasteiger partial charge on any atom is -0.390 e. The maximum Gasteiger partial charge on any atom is 0.225 e. The maximum atomic E-state index is 10.3. The van der Waals surface area contributed by atoms with Crippen molar-refractivity contribution >= 4 is 22.9 Å². The van der Waals surface area contributed by atoms with Gasteiger partial charge in [0.15, 0.2) is 0 Å². The molecule has 1 heterocycles. The first kappa shape index (κ1) is 14.6. The highest BCUT2D eigenvalue weighted by Crippen LogP contribution is 2.46. The first-order valence-electron chi connectivity index (χ1n) is 7.78. The van der Waals surface area contributed by atoms with Crippen molar-refractivity contribution in [1.82, 2.24) is 0 Å². The molecule has 1 saturated carbocycles. The lowest BCUT2D eigenvalue weighted by Crippen LogP contribution is -2.34. The average Bonchev–Trinajstić information content (AvgIpc) is 2.56. The van der Waals surface area contributed by atoms with Crippen LogP contribution < -0.4 is 0 Å². The summed E-state index contributed by atoms with van der Waals surface area (Å²) in [4.78, 5) is 5.05. The van der Waals surface area contributed by atoms with Crippen molar-refractivity contribution in [2.24, 2.45) is 0 Å². The van der Waals surface area contributed by atoms with Crippen molar-refractivity contribution in [3.8, 4) is 0 Å². The van der Waals surface area contributed by atoms with Crippen LogP contribution in [-0.2, 0) is 15.4 Å². The molecular weight excluding hydrogens is 312 g/mol. The van der Waals surface area contributed by atoms with Gasteiger partial charge in [0.05, 0.1) is 15.9 Å². The van der Waals surface area contributed by atoms with Crippen molar-refractivity contribution in [2.75, 3.05) is 0 Å². The van der Waals surface area contributed by atoms with E-state index in [2.05, 4.69) is 48.5 Å². The summed E-state index contributed by atoms with van der Waals surface area (Å²) in [7, 11) is 0. The molecule has 2 nitrogen and oxygen atoms in total. The molecule has 0 unspecified atom stereocenters. The highest BCUT2D eigenvalue weighted by atomic mass is 32.2. The second-order valence-corrected chi connectivity index (χ2v) is 8.44. The number of hydrogen-bond acceptors (Lipinski definition) is 3. The SMILES string of the molecule is O[C@H]1CCCC[C@@H]1O[S+]1c2ccccc2Sc2ccccc21. The summed E-state index contributed by atoms with van der Waals surface area (Å²) < 4.78 is 6.46. The van der Waals surface area contributed by atoms with Gasteiger partial charge in [0.1, 0.15) is 6.10 Å². The topological polar surface area (TPSA) is 29.5 Å². The van der Waals surface area contributed by atoms with E-state index in [1.807, 2.05) is 11.8 Å². The van der Waals surface area contributed by atoms with E-state index in [9.17, 15) is 5.11 Å². The highest BCUT2D eigenvalue weighted by molar-refractivity contribution is 8.02. The van der Waals surface area contributed by atoms with Crippen LogP contribution in [0.15, 0.2) is 68.1 Å². The third kappa shape index (κ3) is 2.69. The van der Waals surface area contributed by atoms with E-state index in [-0.39, 0.29) is 12.2 Å². The Morgan fingerprint density at radius 2 is 1.50 bits per heavy atom. The molecule has 2 atom stereocenters. The van der Waals surface area contributed by atoms with E-state index >= 15 is 0 Å². The van der Waals surface area contributed by atoms with Gasteiger partial charge < -0.3 is 5.11 Å². The number of benzene rings is 2. The summed E-state index contributed by atoms with van der Waals surface area (Å²) in [6.07, 6.45) is 3.72. The zero-order valence-corrected chi connectivity index (χ0v) is 13.9. The van der Waals surface area contributed by atoms with Crippen LogP contribution in [0.2, 0.25) is 0 Å². The van der Waals surface area contributed by atoms with Gasteiger partial charge in [-0.2, -0.15) is 4.18 Å². The Bertz CT molecular complexity index is 628. The van der Waals surface area contributed by atoms with Gasteiger partial charge >= 0.3 is 0 Å². The summed E-state index contributed by atoms with van der Waals surface area (Å²) in [5.41, 5.74) is 0. The fourth-order valence-corrected chi connectivity index (χ4v) is 6.42. The minimum absolute atomic E-state index is 0.0405. The molecule has 0 saturated heterocycles. The third-order valence-corrected chi connectivity index (χ3v) is 7.57. The van der Waals surface area contributed by atoms with Crippen molar-refractivity contribution in [2.45, 2.75) is 57.5 Å². The Balaban J connectivity index is 1.71. The largest absolute Gasteiger partial charge is 0.390 e. The number of aliphatic hydroxyl groups excluding tert-OH is 1. The van der Waals surface area contributed by atoms with Gasteiger partial charge in [0.25, 0.3) is 0 Å². The van der Waals surface area contributed by atoms with Gasteiger partial charge in [0.2, 0.25) is 21.0 Å². The molecule has 0 amide bonds. The average molecular weight is 331 g/mol. The molecule has 1 fully saturated rings. The second-order valence-electron chi connectivity index (χ2n) is 5.75. The van der Waals surface area contributed by atoms with Crippen LogP contribution in [0.1, 0.15) is 25.7 Å². The maximum absolute atomic E-state index is 10.3. The summed E-state index contributed by atoms with van der Waals surface area (Å²) >= 11 is 1.42. The predicted octanol–water partition coefficient (Wildman–Crippen LogP) is 4.42. The molecule has 0 spiro atoms. The Kier molecular flexibility index (Phi) is 4.18. The first-order valence-corrected chi connectivity index (χ1v) is 9.75. The van der Waals surface area contributed by atoms with Crippen molar-refractivity contribution < 1.29 is 9.29 Å². The number of rotatable bonds is 2. The van der Waals surface area contributed by atoms with Crippen LogP contribution in [-0.4, -0.2) is 17.3 Å². The predicted molar refractivity (Wildman–Crippen MR) is 90.3 cm³/mol. The van der Waals surface area contributed by atoms with E-state index < -0.39 is 11.2 Å². The third-order valence-electron chi connectivity index (χ3n) is 4.21. The number of aliphatic hydroxyl groups is 1. The molecule has 1 aliphatic carbocycles. The van der Waals surface area contributed by atoms with Crippen LogP contribution in [0.25, 0.3) is 0 Å². The van der Waals surface area contributed by atoms with Crippen LogP contribution in [0.3, 0.4) is 0 Å². The summed E-state index contributed by atoms with van der Waals surface area (Å²) in [5, 5.41) is 10.3. The Morgan fingerprint density at radius 3 is 2.14 bits per heavy atom. The molecule has 22 heavy (non-hydrogen) atoms. The molecule has 4 rings (SSSR count). The number of hydrogen-bond donors (Lipinski definition) is 1. The monoisotopic (exact) mass is 331 g/mol. The lowest BCUT2D eigenvalue weighted by molar-refractivity contribution is 0.0150. The van der Waals surface area contributed by atoms with Crippen molar-refractivity contribution in [3.05, 3.63) is 48.5 Å². The number of fused-ring (bicyclic) bond motifs is 2. The fraction of sp³-hybridized carbons (Fsp3) is 0.333. The molecule has 2 aromatic rings. The summed E-state index contributed by atoms with van der Waals surface area (Å²) in [6, 6.07) is 17.0. The first-order chi connectivity index (χ1) is 10.8. The van der Waals surface area contributed by atoms with Crippen molar-refractivity contribution in [3.63, 3.8) is 0 Å². The Morgan fingerprint density at radius 1 is 0.909 bits per heavy atom. The molecular formula is C18H19O2S2+. The molecule has 1 aliphatic heterocycles. The van der Waals surface area contributed by atoms with Crippen LogP contribution >= 0.6 is 11.8 Å². The smallest absolute Gasteiger partial charge is 0.225 e. The van der Waals surface area contributed by atoms with E-state index in [1.54, 1.807) is 0 Å². The standard InChI is InChI=1S/C18H19O2S2/c19-13-7-1-2-8-14(13)20-22-17-11-5-3-9-15(17)21-16-10-4-6-12-18(16)22/h3-6,9-14,19H,1-2,7-8H2/q+1/t13-,14-/m0/s1. The Hall–Kier alpha value is -0.940. The van der Waals surface area contributed by atoms with Gasteiger partial charge in [0, 0.05) is 0 Å². The van der Waals surface area contributed by atoms with Gasteiger partial charge in [-0.25, -0.2) is 0 Å². The zero-order chi connectivity index (χ0) is 14.9. The molecule has 0 aromatic heterocycles. The normalized spacial score (nSPS) is 24.6. The van der Waals surface area contributed by atoms with E-state index in [0.717, 1.165) is 25.7 Å². The molecule has 2 aliphatic rings. The summed E-state index contributed by atoms with van der Waals surface area (Å²) in [5.74, 6) is 0. The van der Waals surface area contributed by atoms with Gasteiger partial charge in [-0.3, -0.25) is 0 Å². The zero-order valence-electron chi connectivity index (χ0n) is 12.3. The van der Waals surface area contributed by atoms with Gasteiger partial charge in [-0.15, -0.1) is 0 Å². The molecule has 0 bridgehead atoms. The van der Waals surface area contributed by atoms with Gasteiger partial charge in [-0.1, -0.05) is 48.9 Å². The van der Waals surface area contributed by atoms with E-state index in [0.29, 0.717) is 0 Å². The molecule has 4 heteroatoms. The van der Waals surface area contributed by atoms with Crippen LogP contribution in [0.4, 0.5) is 0 Å². The lowest BCUT2D eigenvalue weighted by Gasteiger charge is -2.27. The Labute approximate surface area is 138 Å². The highest BCUT2D eigenvalue weighted by Gasteiger charge is 2.42. The van der Waals surface area contributed by atoms with Crippen LogP contribution in [0.5, 0.6) is 0 Å². The summed E-state index contributed by atoms with van der Waals surface area (Å²) in [6.45, 7) is 0. The van der Waals surface area contributed by atoms with Gasteiger partial charge in [-0.05, 0) is 37.1 Å². The van der Waals surface area contributed by atoms with Crippen LogP contribution in [0, 0.1) is 0 Å². The molecule has 2 aromatic carbocycles.